The van der Waals surface area contributed by atoms with Crippen LogP contribution in [0.5, 0.6) is 0 Å². The summed E-state index contributed by atoms with van der Waals surface area (Å²) in [5, 5.41) is 0. The molecule has 0 rings (SSSR count). The number of hydrogen-bond donors (Lipinski definition) is 0. The Labute approximate surface area is 94.2 Å². The average molecular weight is 236 g/mol. The van der Waals surface area contributed by atoms with E-state index in [1.807, 2.05) is 0 Å². The van der Waals surface area contributed by atoms with E-state index in [4.69, 9.17) is 18.0 Å². The molecule has 0 amide bonds. The summed E-state index contributed by atoms with van der Waals surface area (Å²) in [6, 6.07) is 0.853. The number of rotatable bonds is 10. The molecule has 0 radical (unpaired) electrons. The highest BCUT2D eigenvalue weighted by molar-refractivity contribution is 6.60. The van der Waals surface area contributed by atoms with Crippen molar-refractivity contribution in [1.82, 2.24) is 0 Å². The fourth-order valence-electron chi connectivity index (χ4n) is 1.35. The normalized spacial score (nSPS) is 12.0. The lowest BCUT2D eigenvalue weighted by molar-refractivity contribution is 0.115. The Morgan fingerprint density at radius 3 is 1.93 bits per heavy atom. The van der Waals surface area contributed by atoms with E-state index in [0.29, 0.717) is 0 Å². The zero-order chi connectivity index (χ0) is 11.6. The molecule has 92 valence electrons. The van der Waals surface area contributed by atoms with Gasteiger partial charge in [0.2, 0.25) is 0 Å². The highest BCUT2D eigenvalue weighted by Gasteiger charge is 2.36. The second-order valence-electron chi connectivity index (χ2n) is 3.36. The molecule has 0 aliphatic heterocycles. The van der Waals surface area contributed by atoms with Gasteiger partial charge in [-0.15, -0.1) is 0 Å². The van der Waals surface area contributed by atoms with E-state index in [2.05, 4.69) is 6.92 Å². The summed E-state index contributed by atoms with van der Waals surface area (Å²) in [5.41, 5.74) is 0. The summed E-state index contributed by atoms with van der Waals surface area (Å²) in [6.45, 7) is 3.77. The van der Waals surface area contributed by atoms with Crippen molar-refractivity contribution < 1.29 is 18.0 Å². The summed E-state index contributed by atoms with van der Waals surface area (Å²) in [5.74, 6) is 0. The summed E-state index contributed by atoms with van der Waals surface area (Å²) < 4.78 is 21.3. The lowest BCUT2D eigenvalue weighted by Gasteiger charge is -2.24. The van der Waals surface area contributed by atoms with Crippen LogP contribution in [0, 0.1) is 0 Å². The smallest absolute Gasteiger partial charge is 0.381 e. The molecular formula is C10H24O4Si. The second kappa shape index (κ2) is 9.29. The molecule has 0 fully saturated rings. The van der Waals surface area contributed by atoms with Crippen LogP contribution in [0.1, 0.15) is 26.2 Å². The highest BCUT2D eigenvalue weighted by Crippen LogP contribution is 2.16. The van der Waals surface area contributed by atoms with E-state index >= 15 is 0 Å². The van der Waals surface area contributed by atoms with Crippen molar-refractivity contribution >= 4 is 8.80 Å². The Hall–Kier alpha value is 0.0569. The first-order chi connectivity index (χ1) is 7.24. The van der Waals surface area contributed by atoms with Gasteiger partial charge in [0.05, 0.1) is 0 Å². The molecule has 0 heterocycles. The SMILES string of the molecule is CCCOCCCC[Si](OC)(OC)OC. The van der Waals surface area contributed by atoms with Gasteiger partial charge in [0.1, 0.15) is 0 Å². The first-order valence-corrected chi connectivity index (χ1v) is 7.41. The molecule has 5 heteroatoms. The van der Waals surface area contributed by atoms with Gasteiger partial charge in [-0.1, -0.05) is 6.92 Å². The van der Waals surface area contributed by atoms with Crippen molar-refractivity contribution in [1.29, 1.82) is 0 Å². The van der Waals surface area contributed by atoms with Crippen LogP contribution >= 0.6 is 0 Å². The van der Waals surface area contributed by atoms with Crippen molar-refractivity contribution in [3.63, 3.8) is 0 Å². The van der Waals surface area contributed by atoms with E-state index in [-0.39, 0.29) is 0 Å². The van der Waals surface area contributed by atoms with Gasteiger partial charge in [0.25, 0.3) is 0 Å². The van der Waals surface area contributed by atoms with Crippen molar-refractivity contribution in [3.8, 4) is 0 Å². The van der Waals surface area contributed by atoms with E-state index in [1.165, 1.54) is 0 Å². The summed E-state index contributed by atoms with van der Waals surface area (Å²) in [7, 11) is 2.60. The molecule has 0 aliphatic rings. The Kier molecular flexibility index (Phi) is 9.33. The average Bonchev–Trinajstić information content (AvgIpc) is 2.29. The molecule has 0 unspecified atom stereocenters. The Balaban J connectivity index is 3.54. The van der Waals surface area contributed by atoms with Gasteiger partial charge in [0.15, 0.2) is 0 Å². The fraction of sp³-hybridized carbons (Fsp3) is 1.00. The van der Waals surface area contributed by atoms with Crippen molar-refractivity contribution in [2.45, 2.75) is 32.2 Å². The third kappa shape index (κ3) is 6.27. The minimum atomic E-state index is -2.34. The standard InChI is InChI=1S/C10H24O4Si/c1-5-8-14-9-6-7-10-15(11-2,12-3)13-4/h5-10H2,1-4H3. The van der Waals surface area contributed by atoms with Gasteiger partial charge in [0, 0.05) is 40.6 Å². The van der Waals surface area contributed by atoms with Crippen molar-refractivity contribution in [2.75, 3.05) is 34.5 Å². The third-order valence-corrected chi connectivity index (χ3v) is 5.14. The van der Waals surface area contributed by atoms with Gasteiger partial charge in [-0.05, 0) is 19.3 Å². The Morgan fingerprint density at radius 1 is 0.867 bits per heavy atom. The van der Waals surface area contributed by atoms with Crippen LogP contribution in [0.15, 0.2) is 0 Å². The molecule has 0 aromatic rings. The van der Waals surface area contributed by atoms with Gasteiger partial charge < -0.3 is 18.0 Å². The maximum Gasteiger partial charge on any atom is 0.500 e. The van der Waals surface area contributed by atoms with E-state index < -0.39 is 8.80 Å². The van der Waals surface area contributed by atoms with E-state index in [1.54, 1.807) is 21.3 Å². The number of ether oxygens (including phenoxy) is 1. The molecule has 0 aromatic carbocycles. The topological polar surface area (TPSA) is 36.9 Å². The predicted octanol–water partition coefficient (Wildman–Crippen LogP) is 2.07. The van der Waals surface area contributed by atoms with Gasteiger partial charge in [-0.3, -0.25) is 0 Å². The van der Waals surface area contributed by atoms with Crippen LogP contribution in [-0.2, 0) is 18.0 Å². The minimum Gasteiger partial charge on any atom is -0.381 e. The monoisotopic (exact) mass is 236 g/mol. The summed E-state index contributed by atoms with van der Waals surface area (Å²) in [4.78, 5) is 0. The lowest BCUT2D eigenvalue weighted by atomic mass is 10.3. The summed E-state index contributed by atoms with van der Waals surface area (Å²) in [6.07, 6.45) is 3.13. The summed E-state index contributed by atoms with van der Waals surface area (Å²) >= 11 is 0. The Bertz CT molecular complexity index is 131. The van der Waals surface area contributed by atoms with Gasteiger partial charge in [-0.25, -0.2) is 0 Å². The van der Waals surface area contributed by atoms with E-state index in [0.717, 1.165) is 38.5 Å². The van der Waals surface area contributed by atoms with Crippen LogP contribution in [0.3, 0.4) is 0 Å². The maximum atomic E-state index is 5.39. The van der Waals surface area contributed by atoms with Crippen LogP contribution in [0.2, 0.25) is 6.04 Å². The van der Waals surface area contributed by atoms with E-state index in [9.17, 15) is 0 Å². The molecule has 0 spiro atoms. The van der Waals surface area contributed by atoms with Gasteiger partial charge in [-0.2, -0.15) is 0 Å². The molecule has 0 atom stereocenters. The zero-order valence-corrected chi connectivity index (χ0v) is 11.4. The first kappa shape index (κ1) is 15.1. The molecule has 0 saturated carbocycles. The minimum absolute atomic E-state index is 0.815. The van der Waals surface area contributed by atoms with Crippen molar-refractivity contribution in [2.24, 2.45) is 0 Å². The maximum absolute atomic E-state index is 5.39. The third-order valence-electron chi connectivity index (χ3n) is 2.30. The predicted molar refractivity (Wildman–Crippen MR) is 61.9 cm³/mol. The van der Waals surface area contributed by atoms with Crippen LogP contribution in [-0.4, -0.2) is 43.3 Å². The van der Waals surface area contributed by atoms with Crippen LogP contribution in [0.25, 0.3) is 0 Å². The largest absolute Gasteiger partial charge is 0.500 e. The molecule has 0 aromatic heterocycles. The van der Waals surface area contributed by atoms with Gasteiger partial charge >= 0.3 is 8.80 Å². The second-order valence-corrected chi connectivity index (χ2v) is 6.46. The molecule has 4 nitrogen and oxygen atoms in total. The highest BCUT2D eigenvalue weighted by atomic mass is 28.4. The Morgan fingerprint density at radius 2 is 1.47 bits per heavy atom. The molecule has 0 bridgehead atoms. The number of hydrogen-bond acceptors (Lipinski definition) is 4. The van der Waals surface area contributed by atoms with Crippen molar-refractivity contribution in [3.05, 3.63) is 0 Å². The van der Waals surface area contributed by atoms with Crippen LogP contribution < -0.4 is 0 Å². The fourth-order valence-corrected chi connectivity index (χ4v) is 3.14. The van der Waals surface area contributed by atoms with Crippen LogP contribution in [0.4, 0.5) is 0 Å². The molecule has 0 N–H and O–H groups in total. The molecular weight excluding hydrogens is 212 g/mol. The lowest BCUT2D eigenvalue weighted by Crippen LogP contribution is -2.42. The molecule has 0 aliphatic carbocycles. The zero-order valence-electron chi connectivity index (χ0n) is 10.4. The quantitative estimate of drug-likeness (QED) is 0.430. The number of unbranched alkanes of at least 4 members (excludes halogenated alkanes) is 1. The molecule has 15 heavy (non-hydrogen) atoms. The molecule has 0 saturated heterocycles. The first-order valence-electron chi connectivity index (χ1n) is 5.48.